The number of carbonyl (C=O) groups is 2. The first-order chi connectivity index (χ1) is 8.97. The standard InChI is InChI=1S/C13H13Cl2NO3.ClH/c14-10-1-2-11(15)9(5-10)6-12(17)16-4-3-8(7-16)13(18)19;/h1-2,5,8H,3-4,6-7H2,(H,18,19);1H. The molecule has 0 aromatic heterocycles. The lowest BCUT2D eigenvalue weighted by molar-refractivity contribution is -0.141. The maximum Gasteiger partial charge on any atom is 0.308 e. The first-order valence-corrected chi connectivity index (χ1v) is 6.67. The number of hydrogen-bond donors (Lipinski definition) is 1. The van der Waals surface area contributed by atoms with Gasteiger partial charge in [-0.15, -0.1) is 12.4 Å². The number of rotatable bonds is 3. The van der Waals surface area contributed by atoms with E-state index in [1.54, 1.807) is 23.1 Å². The van der Waals surface area contributed by atoms with Crippen LogP contribution in [-0.4, -0.2) is 35.0 Å². The molecule has 1 fully saturated rings. The Balaban J connectivity index is 0.00000200. The average molecular weight is 339 g/mol. The van der Waals surface area contributed by atoms with E-state index in [2.05, 4.69) is 0 Å². The Bertz CT molecular complexity index is 522. The Morgan fingerprint density at radius 2 is 2.05 bits per heavy atom. The molecule has 110 valence electrons. The zero-order valence-corrected chi connectivity index (χ0v) is 12.8. The minimum Gasteiger partial charge on any atom is -0.481 e. The van der Waals surface area contributed by atoms with Crippen LogP contribution in [0, 0.1) is 5.92 Å². The quantitative estimate of drug-likeness (QED) is 0.922. The highest BCUT2D eigenvalue weighted by molar-refractivity contribution is 6.33. The maximum atomic E-state index is 12.1. The molecule has 0 radical (unpaired) electrons. The highest BCUT2D eigenvalue weighted by Crippen LogP contribution is 2.23. The van der Waals surface area contributed by atoms with Crippen molar-refractivity contribution in [3.05, 3.63) is 33.8 Å². The van der Waals surface area contributed by atoms with Gasteiger partial charge in [-0.25, -0.2) is 0 Å². The number of amides is 1. The number of benzene rings is 1. The molecule has 0 bridgehead atoms. The van der Waals surface area contributed by atoms with Crippen molar-refractivity contribution in [2.24, 2.45) is 5.92 Å². The Labute approximate surface area is 133 Å². The Kier molecular flexibility index (Phi) is 6.11. The number of carbonyl (C=O) groups excluding carboxylic acids is 1. The van der Waals surface area contributed by atoms with E-state index >= 15 is 0 Å². The van der Waals surface area contributed by atoms with Gasteiger partial charge in [0, 0.05) is 23.1 Å². The molecule has 1 aromatic carbocycles. The van der Waals surface area contributed by atoms with Crippen molar-refractivity contribution in [2.45, 2.75) is 12.8 Å². The van der Waals surface area contributed by atoms with Gasteiger partial charge in [0.1, 0.15) is 0 Å². The Morgan fingerprint density at radius 3 is 2.65 bits per heavy atom. The molecule has 7 heteroatoms. The van der Waals surface area contributed by atoms with E-state index in [0.29, 0.717) is 28.6 Å². The summed E-state index contributed by atoms with van der Waals surface area (Å²) in [5.74, 6) is -1.43. The van der Waals surface area contributed by atoms with Crippen LogP contribution in [-0.2, 0) is 16.0 Å². The van der Waals surface area contributed by atoms with Crippen molar-refractivity contribution in [3.8, 4) is 0 Å². The van der Waals surface area contributed by atoms with Gasteiger partial charge in [-0.3, -0.25) is 9.59 Å². The van der Waals surface area contributed by atoms with E-state index in [1.165, 1.54) is 0 Å². The topological polar surface area (TPSA) is 57.6 Å². The number of halogens is 3. The molecular formula is C13H14Cl3NO3. The van der Waals surface area contributed by atoms with Gasteiger partial charge in [-0.05, 0) is 30.2 Å². The van der Waals surface area contributed by atoms with Crippen LogP contribution in [0.25, 0.3) is 0 Å². The summed E-state index contributed by atoms with van der Waals surface area (Å²) < 4.78 is 0. The molecule has 1 N–H and O–H groups in total. The maximum absolute atomic E-state index is 12.1. The summed E-state index contributed by atoms with van der Waals surface area (Å²) in [5, 5.41) is 9.92. The number of aliphatic carboxylic acids is 1. The molecule has 1 aliphatic rings. The molecule has 1 atom stereocenters. The molecule has 1 unspecified atom stereocenters. The summed E-state index contributed by atoms with van der Waals surface area (Å²) in [4.78, 5) is 24.5. The first-order valence-electron chi connectivity index (χ1n) is 5.92. The van der Waals surface area contributed by atoms with Gasteiger partial charge in [0.15, 0.2) is 0 Å². The Hall–Kier alpha value is -0.970. The summed E-state index contributed by atoms with van der Waals surface area (Å²) in [6, 6.07) is 4.97. The van der Waals surface area contributed by atoms with Crippen molar-refractivity contribution in [2.75, 3.05) is 13.1 Å². The van der Waals surface area contributed by atoms with E-state index < -0.39 is 11.9 Å². The monoisotopic (exact) mass is 337 g/mol. The van der Waals surface area contributed by atoms with Crippen LogP contribution < -0.4 is 0 Å². The van der Waals surface area contributed by atoms with Gasteiger partial charge < -0.3 is 10.0 Å². The van der Waals surface area contributed by atoms with Crippen molar-refractivity contribution < 1.29 is 14.7 Å². The largest absolute Gasteiger partial charge is 0.481 e. The predicted octanol–water partition coefficient (Wildman–Crippen LogP) is 2.89. The van der Waals surface area contributed by atoms with Gasteiger partial charge in [0.25, 0.3) is 0 Å². The van der Waals surface area contributed by atoms with Gasteiger partial charge in [0.05, 0.1) is 12.3 Å². The molecule has 4 nitrogen and oxygen atoms in total. The molecule has 1 aliphatic heterocycles. The van der Waals surface area contributed by atoms with Crippen LogP contribution in [0.1, 0.15) is 12.0 Å². The number of hydrogen-bond acceptors (Lipinski definition) is 2. The SMILES string of the molecule is Cl.O=C(O)C1CCN(C(=O)Cc2cc(Cl)ccc2Cl)C1. The molecule has 1 heterocycles. The van der Waals surface area contributed by atoms with Gasteiger partial charge in [0.2, 0.25) is 5.91 Å². The zero-order valence-electron chi connectivity index (χ0n) is 10.5. The zero-order chi connectivity index (χ0) is 14.0. The average Bonchev–Trinajstić information content (AvgIpc) is 2.83. The normalized spacial score (nSPS) is 17.7. The molecule has 1 amide bonds. The van der Waals surface area contributed by atoms with Crippen molar-refractivity contribution >= 4 is 47.5 Å². The molecule has 2 rings (SSSR count). The first kappa shape index (κ1) is 17.1. The van der Waals surface area contributed by atoms with Crippen molar-refractivity contribution in [1.82, 2.24) is 4.90 Å². The summed E-state index contributed by atoms with van der Waals surface area (Å²) in [6.07, 6.45) is 0.649. The van der Waals surface area contributed by atoms with Crippen molar-refractivity contribution in [1.29, 1.82) is 0 Å². The van der Waals surface area contributed by atoms with Crippen LogP contribution in [0.5, 0.6) is 0 Å². The second-order valence-corrected chi connectivity index (χ2v) is 5.42. The molecule has 0 spiro atoms. The molecular weight excluding hydrogens is 325 g/mol. The van der Waals surface area contributed by atoms with E-state index in [9.17, 15) is 9.59 Å². The fraction of sp³-hybridized carbons (Fsp3) is 0.385. The third kappa shape index (κ3) is 4.01. The highest BCUT2D eigenvalue weighted by atomic mass is 35.5. The van der Waals surface area contributed by atoms with E-state index in [0.717, 1.165) is 0 Å². The van der Waals surface area contributed by atoms with Crippen LogP contribution in [0.4, 0.5) is 0 Å². The number of likely N-dealkylation sites (tertiary alicyclic amines) is 1. The lowest BCUT2D eigenvalue weighted by atomic mass is 10.1. The minimum atomic E-state index is -0.851. The molecule has 0 aliphatic carbocycles. The third-order valence-electron chi connectivity index (χ3n) is 3.24. The second kappa shape index (κ2) is 7.16. The summed E-state index contributed by atoms with van der Waals surface area (Å²) in [7, 11) is 0. The third-order valence-corrected chi connectivity index (χ3v) is 3.84. The van der Waals surface area contributed by atoms with Crippen LogP contribution >= 0.6 is 35.6 Å². The number of carboxylic acids is 1. The smallest absolute Gasteiger partial charge is 0.308 e. The number of nitrogens with zero attached hydrogens (tertiary/aromatic N) is 1. The van der Waals surface area contributed by atoms with E-state index in [4.69, 9.17) is 28.3 Å². The summed E-state index contributed by atoms with van der Waals surface area (Å²) in [6.45, 7) is 0.750. The van der Waals surface area contributed by atoms with Gasteiger partial charge in [-0.1, -0.05) is 23.2 Å². The summed E-state index contributed by atoms with van der Waals surface area (Å²) >= 11 is 11.9. The molecule has 0 saturated carbocycles. The summed E-state index contributed by atoms with van der Waals surface area (Å²) in [5.41, 5.74) is 0.665. The molecule has 20 heavy (non-hydrogen) atoms. The number of carboxylic acid groups (broad SMARTS) is 1. The van der Waals surface area contributed by atoms with Crippen LogP contribution in [0.3, 0.4) is 0 Å². The lowest BCUT2D eigenvalue weighted by Crippen LogP contribution is -2.31. The lowest BCUT2D eigenvalue weighted by Gasteiger charge is -2.16. The Morgan fingerprint density at radius 1 is 1.35 bits per heavy atom. The minimum absolute atomic E-state index is 0. The van der Waals surface area contributed by atoms with Crippen LogP contribution in [0.2, 0.25) is 10.0 Å². The van der Waals surface area contributed by atoms with Crippen molar-refractivity contribution in [3.63, 3.8) is 0 Å². The molecule has 1 aromatic rings. The predicted molar refractivity (Wildman–Crippen MR) is 79.7 cm³/mol. The van der Waals surface area contributed by atoms with Crippen LogP contribution in [0.15, 0.2) is 18.2 Å². The van der Waals surface area contributed by atoms with E-state index in [1.807, 2.05) is 0 Å². The van der Waals surface area contributed by atoms with Gasteiger partial charge in [-0.2, -0.15) is 0 Å². The van der Waals surface area contributed by atoms with Gasteiger partial charge >= 0.3 is 5.97 Å². The fourth-order valence-electron chi connectivity index (χ4n) is 2.14. The fourth-order valence-corrected chi connectivity index (χ4v) is 2.52. The van der Waals surface area contributed by atoms with E-state index in [-0.39, 0.29) is 31.3 Å². The molecule has 1 saturated heterocycles. The highest BCUT2D eigenvalue weighted by Gasteiger charge is 2.30. The second-order valence-electron chi connectivity index (χ2n) is 4.58.